The van der Waals surface area contributed by atoms with E-state index in [0.717, 1.165) is 5.92 Å². The zero-order chi connectivity index (χ0) is 8.10. The van der Waals surface area contributed by atoms with Crippen LogP contribution in [-0.2, 0) is 0 Å². The molecule has 0 unspecified atom stereocenters. The second-order valence-corrected chi connectivity index (χ2v) is 3.70. The van der Waals surface area contributed by atoms with Crippen molar-refractivity contribution in [3.8, 4) is 0 Å². The lowest BCUT2D eigenvalue weighted by molar-refractivity contribution is 0.265. The van der Waals surface area contributed by atoms with Crippen LogP contribution in [-0.4, -0.2) is 18.5 Å². The molecule has 1 radical (unpaired) electrons. The van der Waals surface area contributed by atoms with Crippen LogP contribution in [0.5, 0.6) is 0 Å². The van der Waals surface area contributed by atoms with Gasteiger partial charge in [0.2, 0.25) is 0 Å². The molecular formula is C10H20N. The Morgan fingerprint density at radius 2 is 1.91 bits per heavy atom. The van der Waals surface area contributed by atoms with Crippen LogP contribution in [0.4, 0.5) is 0 Å². The van der Waals surface area contributed by atoms with Crippen LogP contribution < -0.4 is 0 Å². The van der Waals surface area contributed by atoms with Gasteiger partial charge in [-0.15, -0.1) is 0 Å². The van der Waals surface area contributed by atoms with E-state index in [2.05, 4.69) is 25.4 Å². The molecule has 0 aliphatic heterocycles. The van der Waals surface area contributed by atoms with Gasteiger partial charge in [-0.25, -0.2) is 0 Å². The van der Waals surface area contributed by atoms with Gasteiger partial charge in [0, 0.05) is 13.1 Å². The summed E-state index contributed by atoms with van der Waals surface area (Å²) in [6.45, 7) is 5.56. The van der Waals surface area contributed by atoms with Crippen LogP contribution in [0.15, 0.2) is 0 Å². The fourth-order valence-corrected chi connectivity index (χ4v) is 1.88. The van der Waals surface area contributed by atoms with Crippen LogP contribution >= 0.6 is 0 Å². The van der Waals surface area contributed by atoms with E-state index in [0.29, 0.717) is 0 Å². The maximum absolute atomic E-state index is 2.32. The Kier molecular flexibility index (Phi) is 3.92. The van der Waals surface area contributed by atoms with Crippen molar-refractivity contribution in [2.24, 2.45) is 5.92 Å². The zero-order valence-corrected chi connectivity index (χ0v) is 7.84. The lowest BCUT2D eigenvalue weighted by Gasteiger charge is -2.25. The third-order valence-corrected chi connectivity index (χ3v) is 2.71. The van der Waals surface area contributed by atoms with Crippen molar-refractivity contribution in [3.05, 3.63) is 6.54 Å². The molecule has 65 valence electrons. The molecule has 1 fully saturated rings. The van der Waals surface area contributed by atoms with Crippen LogP contribution in [0.2, 0.25) is 0 Å². The van der Waals surface area contributed by atoms with Crippen molar-refractivity contribution in [1.29, 1.82) is 0 Å². The van der Waals surface area contributed by atoms with Gasteiger partial charge in [-0.1, -0.05) is 19.3 Å². The predicted octanol–water partition coefficient (Wildman–Crippen LogP) is 2.68. The zero-order valence-electron chi connectivity index (χ0n) is 7.84. The van der Waals surface area contributed by atoms with Crippen molar-refractivity contribution in [3.63, 3.8) is 0 Å². The van der Waals surface area contributed by atoms with Gasteiger partial charge < -0.3 is 4.90 Å². The Balaban J connectivity index is 2.13. The molecule has 1 heteroatoms. The van der Waals surface area contributed by atoms with E-state index in [-0.39, 0.29) is 0 Å². The summed E-state index contributed by atoms with van der Waals surface area (Å²) >= 11 is 0. The van der Waals surface area contributed by atoms with E-state index in [9.17, 15) is 0 Å². The summed E-state index contributed by atoms with van der Waals surface area (Å²) in [5.41, 5.74) is 0. The molecule has 0 atom stereocenters. The first-order valence-electron chi connectivity index (χ1n) is 4.82. The minimum absolute atomic E-state index is 0.977. The van der Waals surface area contributed by atoms with Gasteiger partial charge in [-0.05, 0) is 32.7 Å². The number of rotatable bonds is 3. The molecule has 0 saturated heterocycles. The van der Waals surface area contributed by atoms with E-state index in [1.807, 2.05) is 0 Å². The number of nitrogens with zero attached hydrogens (tertiary/aromatic N) is 1. The van der Waals surface area contributed by atoms with E-state index in [4.69, 9.17) is 0 Å². The van der Waals surface area contributed by atoms with Gasteiger partial charge >= 0.3 is 0 Å². The van der Waals surface area contributed by atoms with E-state index in [1.54, 1.807) is 0 Å². The maximum Gasteiger partial charge on any atom is 0.0217 e. The molecule has 1 saturated carbocycles. The van der Waals surface area contributed by atoms with Gasteiger partial charge in [0.15, 0.2) is 0 Å². The fraction of sp³-hybridized carbons (Fsp3) is 0.900. The molecule has 0 amide bonds. The van der Waals surface area contributed by atoms with Gasteiger partial charge in [0.25, 0.3) is 0 Å². The highest BCUT2D eigenvalue weighted by molar-refractivity contribution is 4.70. The fourth-order valence-electron chi connectivity index (χ4n) is 1.88. The normalized spacial score (nSPS) is 21.0. The standard InChI is InChI=1S/C10H20N/c1-3-11(2)9-10-7-5-4-6-8-10/h3,10H,4-9H2,1-2H3. The Morgan fingerprint density at radius 3 is 2.45 bits per heavy atom. The molecule has 0 aromatic carbocycles. The van der Waals surface area contributed by atoms with Gasteiger partial charge in [0.1, 0.15) is 0 Å². The molecular weight excluding hydrogens is 134 g/mol. The summed E-state index contributed by atoms with van der Waals surface area (Å²) in [5.74, 6) is 0.977. The summed E-state index contributed by atoms with van der Waals surface area (Å²) in [4.78, 5) is 2.32. The molecule has 0 aromatic rings. The van der Waals surface area contributed by atoms with Crippen molar-refractivity contribution in [2.45, 2.75) is 39.0 Å². The maximum atomic E-state index is 2.32. The topological polar surface area (TPSA) is 3.24 Å². The monoisotopic (exact) mass is 154 g/mol. The highest BCUT2D eigenvalue weighted by Gasteiger charge is 2.14. The van der Waals surface area contributed by atoms with E-state index >= 15 is 0 Å². The second-order valence-electron chi connectivity index (χ2n) is 3.70. The van der Waals surface area contributed by atoms with Crippen LogP contribution in [0, 0.1) is 12.5 Å². The minimum atomic E-state index is 0.977. The quantitative estimate of drug-likeness (QED) is 0.604. The molecule has 1 aliphatic carbocycles. The van der Waals surface area contributed by atoms with E-state index in [1.165, 1.54) is 38.6 Å². The average molecular weight is 154 g/mol. The lowest BCUT2D eigenvalue weighted by Crippen LogP contribution is -2.24. The summed E-state index contributed by atoms with van der Waals surface area (Å²) in [5, 5.41) is 0. The summed E-state index contributed by atoms with van der Waals surface area (Å²) < 4.78 is 0. The van der Waals surface area contributed by atoms with Gasteiger partial charge in [-0.2, -0.15) is 0 Å². The van der Waals surface area contributed by atoms with Crippen LogP contribution in [0.25, 0.3) is 0 Å². The van der Waals surface area contributed by atoms with Crippen molar-refractivity contribution >= 4 is 0 Å². The number of hydrogen-bond acceptors (Lipinski definition) is 1. The second kappa shape index (κ2) is 4.76. The van der Waals surface area contributed by atoms with Crippen molar-refractivity contribution in [2.75, 3.05) is 13.6 Å². The van der Waals surface area contributed by atoms with Gasteiger partial charge in [-0.3, -0.25) is 0 Å². The summed E-state index contributed by atoms with van der Waals surface area (Å²) in [7, 11) is 2.18. The molecule has 0 aromatic heterocycles. The SMILES string of the molecule is C[CH]N(C)CC1CCCCC1. The molecule has 1 aliphatic rings. The third kappa shape index (κ3) is 3.24. The highest BCUT2D eigenvalue weighted by Crippen LogP contribution is 2.24. The summed E-state index contributed by atoms with van der Waals surface area (Å²) in [6, 6.07) is 0. The van der Waals surface area contributed by atoms with Crippen molar-refractivity contribution < 1.29 is 0 Å². The Hall–Kier alpha value is -0.0400. The highest BCUT2D eigenvalue weighted by atomic mass is 15.1. The predicted molar refractivity (Wildman–Crippen MR) is 49.2 cm³/mol. The molecule has 0 heterocycles. The van der Waals surface area contributed by atoms with Crippen LogP contribution in [0.3, 0.4) is 0 Å². The van der Waals surface area contributed by atoms with Crippen molar-refractivity contribution in [1.82, 2.24) is 4.90 Å². The first-order valence-corrected chi connectivity index (χ1v) is 4.82. The third-order valence-electron chi connectivity index (χ3n) is 2.71. The molecule has 0 N–H and O–H groups in total. The van der Waals surface area contributed by atoms with Gasteiger partial charge in [0.05, 0.1) is 0 Å². The Morgan fingerprint density at radius 1 is 1.27 bits per heavy atom. The minimum Gasteiger partial charge on any atom is -0.302 e. The molecule has 1 rings (SSSR count). The molecule has 1 nitrogen and oxygen atoms in total. The largest absolute Gasteiger partial charge is 0.302 e. The number of hydrogen-bond donors (Lipinski definition) is 0. The smallest absolute Gasteiger partial charge is 0.0217 e. The first kappa shape index (κ1) is 9.05. The first-order chi connectivity index (χ1) is 5.33. The molecule has 0 bridgehead atoms. The summed E-state index contributed by atoms with van der Waals surface area (Å²) in [6.07, 6.45) is 7.30. The molecule has 0 spiro atoms. The Bertz CT molecular complexity index is 95.0. The lowest BCUT2D eigenvalue weighted by atomic mass is 9.89. The Labute approximate surface area is 70.8 Å². The van der Waals surface area contributed by atoms with Crippen LogP contribution in [0.1, 0.15) is 39.0 Å². The molecule has 11 heavy (non-hydrogen) atoms. The average Bonchev–Trinajstić information content (AvgIpc) is 2.06. The van der Waals surface area contributed by atoms with E-state index < -0.39 is 0 Å².